The van der Waals surface area contributed by atoms with Gasteiger partial charge in [0.2, 0.25) is 16.0 Å². The zero-order valence-corrected chi connectivity index (χ0v) is 17.4. The molecule has 0 fully saturated rings. The first kappa shape index (κ1) is 22.4. The van der Waals surface area contributed by atoms with E-state index in [1.807, 2.05) is 0 Å². The maximum atomic E-state index is 12.7. The van der Waals surface area contributed by atoms with E-state index in [-0.39, 0.29) is 17.0 Å². The summed E-state index contributed by atoms with van der Waals surface area (Å²) in [5.41, 5.74) is -3.01. The van der Waals surface area contributed by atoms with Gasteiger partial charge in [-0.3, -0.25) is 10.1 Å². The summed E-state index contributed by atoms with van der Waals surface area (Å²) < 4.78 is 31.3. The molecule has 0 aromatic heterocycles. The number of carbonyl (C=O) groups excluding carboxylic acids is 1. The van der Waals surface area contributed by atoms with E-state index in [0.29, 0.717) is 9.31 Å². The van der Waals surface area contributed by atoms with Crippen molar-refractivity contribution in [3.8, 4) is 5.75 Å². The number of benzene rings is 1. The van der Waals surface area contributed by atoms with Crippen molar-refractivity contribution in [3.05, 3.63) is 33.9 Å². The summed E-state index contributed by atoms with van der Waals surface area (Å²) in [5.74, 6) is 4.32. The number of hydrogen-bond acceptors (Lipinski definition) is 9. The summed E-state index contributed by atoms with van der Waals surface area (Å²) in [7, 11) is -2.89. The Hall–Kier alpha value is -2.93. The van der Waals surface area contributed by atoms with Crippen molar-refractivity contribution >= 4 is 27.8 Å². The molecule has 13 heteroatoms. The van der Waals surface area contributed by atoms with E-state index in [0.717, 1.165) is 25.2 Å². The summed E-state index contributed by atoms with van der Waals surface area (Å²) in [5, 5.41) is 21.8. The SMILES string of the molecule is CN1C(N(N)C(=O)OC(C)(C)C)=N[C@](C)(c2cc([N+](=O)[O-])ccc2O)CS1(=O)=O. The van der Waals surface area contributed by atoms with Gasteiger partial charge in [0.1, 0.15) is 16.9 Å². The number of amides is 1. The number of aliphatic imine (C=N–C) groups is 1. The molecule has 12 nitrogen and oxygen atoms in total. The zero-order valence-electron chi connectivity index (χ0n) is 16.6. The third kappa shape index (κ3) is 4.56. The van der Waals surface area contributed by atoms with Crippen molar-refractivity contribution in [1.29, 1.82) is 0 Å². The van der Waals surface area contributed by atoms with Crippen LogP contribution in [0.4, 0.5) is 10.5 Å². The van der Waals surface area contributed by atoms with Gasteiger partial charge in [-0.05, 0) is 33.8 Å². The van der Waals surface area contributed by atoms with Crippen molar-refractivity contribution in [1.82, 2.24) is 9.31 Å². The highest BCUT2D eigenvalue weighted by atomic mass is 32.2. The molecule has 1 aromatic carbocycles. The number of nitro benzene ring substituents is 1. The van der Waals surface area contributed by atoms with Gasteiger partial charge in [-0.25, -0.2) is 28.4 Å². The predicted octanol–water partition coefficient (Wildman–Crippen LogP) is 1.26. The monoisotopic (exact) mass is 429 g/mol. The largest absolute Gasteiger partial charge is 0.508 e. The second-order valence-corrected chi connectivity index (χ2v) is 9.72. The molecule has 2 rings (SSSR count). The van der Waals surface area contributed by atoms with Crippen molar-refractivity contribution in [3.63, 3.8) is 0 Å². The minimum Gasteiger partial charge on any atom is -0.508 e. The smallest absolute Gasteiger partial charge is 0.431 e. The fourth-order valence-corrected chi connectivity index (χ4v) is 4.21. The second-order valence-electron chi connectivity index (χ2n) is 7.72. The molecule has 0 unspecified atom stereocenters. The summed E-state index contributed by atoms with van der Waals surface area (Å²) >= 11 is 0. The number of hydrazine groups is 1. The van der Waals surface area contributed by atoms with Crippen LogP contribution in [0.3, 0.4) is 0 Å². The summed E-state index contributed by atoms with van der Waals surface area (Å²) in [6.07, 6.45) is -1.05. The molecule has 0 saturated carbocycles. The lowest BCUT2D eigenvalue weighted by Gasteiger charge is -2.38. The minimum atomic E-state index is -4.05. The number of nitrogens with zero attached hydrogens (tertiary/aromatic N) is 4. The van der Waals surface area contributed by atoms with Crippen LogP contribution >= 0.6 is 0 Å². The van der Waals surface area contributed by atoms with Crippen molar-refractivity contribution in [2.24, 2.45) is 10.8 Å². The highest BCUT2D eigenvalue weighted by Crippen LogP contribution is 2.39. The number of aromatic hydroxyl groups is 1. The summed E-state index contributed by atoms with van der Waals surface area (Å²) in [4.78, 5) is 27.0. The van der Waals surface area contributed by atoms with Crippen LogP contribution < -0.4 is 5.84 Å². The number of rotatable bonds is 2. The van der Waals surface area contributed by atoms with E-state index in [4.69, 9.17) is 10.6 Å². The Bertz CT molecular complexity index is 986. The van der Waals surface area contributed by atoms with Gasteiger partial charge in [0.25, 0.3) is 5.69 Å². The number of carbonyl (C=O) groups is 1. The molecule has 0 aliphatic carbocycles. The zero-order chi connectivity index (χ0) is 22.4. The number of sulfonamides is 1. The fourth-order valence-electron chi connectivity index (χ4n) is 2.71. The number of hydrogen-bond donors (Lipinski definition) is 2. The maximum Gasteiger partial charge on any atom is 0.431 e. The van der Waals surface area contributed by atoms with Crippen molar-refractivity contribution in [2.45, 2.75) is 38.8 Å². The van der Waals surface area contributed by atoms with Gasteiger partial charge >= 0.3 is 6.09 Å². The van der Waals surface area contributed by atoms with Crippen LogP contribution in [0, 0.1) is 10.1 Å². The topological polar surface area (TPSA) is 169 Å². The van der Waals surface area contributed by atoms with Crippen LogP contribution in [0.15, 0.2) is 23.2 Å². The van der Waals surface area contributed by atoms with Crippen LogP contribution in [0.5, 0.6) is 5.75 Å². The molecule has 1 aromatic rings. The van der Waals surface area contributed by atoms with E-state index >= 15 is 0 Å². The number of ether oxygens (including phenoxy) is 1. The number of phenolic OH excluding ortho intramolecular Hbond substituents is 1. The summed E-state index contributed by atoms with van der Waals surface area (Å²) in [6.45, 7) is 6.17. The lowest BCUT2D eigenvalue weighted by molar-refractivity contribution is -0.385. The average molecular weight is 429 g/mol. The predicted molar refractivity (Wildman–Crippen MR) is 103 cm³/mol. The first-order chi connectivity index (χ1) is 13.1. The molecule has 1 atom stereocenters. The maximum absolute atomic E-state index is 12.7. The first-order valence-electron chi connectivity index (χ1n) is 8.39. The molecule has 1 aliphatic heterocycles. The average Bonchev–Trinajstić information content (AvgIpc) is 2.55. The quantitative estimate of drug-likeness (QED) is 0.306. The molecule has 0 spiro atoms. The lowest BCUT2D eigenvalue weighted by Crippen LogP contribution is -2.58. The number of guanidine groups is 1. The Balaban J connectivity index is 2.62. The normalized spacial score (nSPS) is 21.3. The molecule has 1 heterocycles. The molecule has 1 aliphatic rings. The van der Waals surface area contributed by atoms with Crippen LogP contribution in [0.25, 0.3) is 0 Å². The molecule has 0 radical (unpaired) electrons. The summed E-state index contributed by atoms with van der Waals surface area (Å²) in [6, 6.07) is 3.19. The standard InChI is InChI=1S/C16H23N5O7S/c1-15(2,3)28-14(23)20(17)13-18-16(4,9-29(26,27)19(13)5)11-8-10(21(24)25)6-7-12(11)22/h6-8,22H,9,17H2,1-5H3/t16-/m0/s1. The van der Waals surface area contributed by atoms with Gasteiger partial charge in [0.15, 0.2) is 0 Å². The van der Waals surface area contributed by atoms with Gasteiger partial charge in [0.05, 0.1) is 10.7 Å². The Labute approximate surface area is 167 Å². The molecular weight excluding hydrogens is 406 g/mol. The number of phenols is 1. The minimum absolute atomic E-state index is 0.0986. The molecule has 3 N–H and O–H groups in total. The van der Waals surface area contributed by atoms with Gasteiger partial charge in [-0.1, -0.05) is 0 Å². The molecule has 0 bridgehead atoms. The first-order valence-corrected chi connectivity index (χ1v) is 10.0. The van der Waals surface area contributed by atoms with Gasteiger partial charge < -0.3 is 9.84 Å². The fraction of sp³-hybridized carbons (Fsp3) is 0.500. The van der Waals surface area contributed by atoms with Gasteiger partial charge in [-0.15, -0.1) is 0 Å². The van der Waals surface area contributed by atoms with Crippen LogP contribution in [0.1, 0.15) is 33.3 Å². The Morgan fingerprint density at radius 1 is 1.45 bits per heavy atom. The van der Waals surface area contributed by atoms with Gasteiger partial charge in [-0.2, -0.15) is 5.01 Å². The van der Waals surface area contributed by atoms with Crippen molar-refractivity contribution in [2.75, 3.05) is 12.8 Å². The Morgan fingerprint density at radius 3 is 2.55 bits per heavy atom. The Kier molecular flexibility index (Phi) is 5.51. The highest BCUT2D eigenvalue weighted by Gasteiger charge is 2.45. The molecule has 0 saturated heterocycles. The number of non-ortho nitro benzene ring substituents is 1. The van der Waals surface area contributed by atoms with Crippen molar-refractivity contribution < 1.29 is 28.0 Å². The number of nitro groups is 1. The molecule has 1 amide bonds. The molecule has 160 valence electrons. The van der Waals surface area contributed by atoms with Crippen LogP contribution in [-0.2, 0) is 20.3 Å². The van der Waals surface area contributed by atoms with Crippen LogP contribution in [0.2, 0.25) is 0 Å². The third-order valence-electron chi connectivity index (χ3n) is 4.09. The van der Waals surface area contributed by atoms with Gasteiger partial charge in [0, 0.05) is 24.7 Å². The van der Waals surface area contributed by atoms with E-state index in [2.05, 4.69) is 4.99 Å². The molecular formula is C16H23N5O7S. The van der Waals surface area contributed by atoms with Crippen LogP contribution in [-0.4, -0.2) is 58.2 Å². The third-order valence-corrected chi connectivity index (χ3v) is 6.01. The van der Waals surface area contributed by atoms with E-state index in [1.165, 1.54) is 6.92 Å². The van der Waals surface area contributed by atoms with E-state index < -0.39 is 43.9 Å². The highest BCUT2D eigenvalue weighted by molar-refractivity contribution is 7.89. The number of nitrogens with two attached hydrogens (primary N) is 1. The van der Waals surface area contributed by atoms with E-state index in [1.54, 1.807) is 20.8 Å². The second kappa shape index (κ2) is 7.15. The van der Waals surface area contributed by atoms with E-state index in [9.17, 15) is 28.4 Å². The lowest BCUT2D eigenvalue weighted by atomic mass is 9.93. The molecule has 29 heavy (non-hydrogen) atoms. The Morgan fingerprint density at radius 2 is 2.03 bits per heavy atom.